The summed E-state index contributed by atoms with van der Waals surface area (Å²) in [4.78, 5) is 19.1. The number of aromatic amines is 1. The van der Waals surface area contributed by atoms with E-state index in [2.05, 4.69) is 68.4 Å². The molecule has 5 heteroatoms. The minimum absolute atomic E-state index is 0.00817. The minimum Gasteiger partial charge on any atom is -0.361 e. The van der Waals surface area contributed by atoms with Gasteiger partial charge in [-0.05, 0) is 42.5 Å². The second-order valence-corrected chi connectivity index (χ2v) is 9.54. The zero-order valence-electron chi connectivity index (χ0n) is 19.9. The molecule has 1 amide bonds. The minimum atomic E-state index is -0.461. The highest BCUT2D eigenvalue weighted by Gasteiger charge is 2.41. The van der Waals surface area contributed by atoms with Crippen LogP contribution >= 0.6 is 0 Å². The number of likely N-dealkylation sites (tertiary alicyclic amines) is 1. The van der Waals surface area contributed by atoms with Crippen LogP contribution in [0.4, 0.5) is 0 Å². The number of amides is 1. The molecule has 5 rings (SSSR count). The lowest BCUT2D eigenvalue weighted by Gasteiger charge is -2.38. The number of nitrogens with zero attached hydrogens (tertiary/aromatic N) is 1. The van der Waals surface area contributed by atoms with Crippen LogP contribution in [0.15, 0.2) is 42.6 Å². The molecule has 2 saturated heterocycles. The molecule has 0 bridgehead atoms. The Kier molecular flexibility index (Phi) is 6.02. The molecule has 3 heterocycles. The fraction of sp³-hybridized carbons (Fsp3) is 0.464. The largest absolute Gasteiger partial charge is 0.361 e. The number of aromatic nitrogens is 1. The number of benzene rings is 2. The highest BCUT2D eigenvalue weighted by atomic mass is 16.7. The smallest absolute Gasteiger partial charge is 0.223 e. The number of carbonyl (C=O) groups is 1. The molecule has 2 aliphatic heterocycles. The van der Waals surface area contributed by atoms with Crippen molar-refractivity contribution in [3.8, 4) is 0 Å². The van der Waals surface area contributed by atoms with Crippen molar-refractivity contribution in [2.45, 2.75) is 58.2 Å². The van der Waals surface area contributed by atoms with Crippen LogP contribution in [0.1, 0.15) is 59.9 Å². The standard InChI is InChI=1S/C28H34N2O3/c1-4-21-6-5-7-23-25(18-29-27(21)23)24(22-9-8-19(2)16-20(22)3)17-26(31)30-12-10-28(11-13-30)32-14-15-33-28/h5-9,16,18,24,29H,4,10-15,17H2,1-3H3. The van der Waals surface area contributed by atoms with Gasteiger partial charge in [0.15, 0.2) is 5.79 Å². The van der Waals surface area contributed by atoms with Gasteiger partial charge in [0.1, 0.15) is 0 Å². The Labute approximate surface area is 196 Å². The monoisotopic (exact) mass is 446 g/mol. The summed E-state index contributed by atoms with van der Waals surface area (Å²) >= 11 is 0. The van der Waals surface area contributed by atoms with Crippen molar-refractivity contribution in [2.75, 3.05) is 26.3 Å². The van der Waals surface area contributed by atoms with E-state index in [1.807, 2.05) is 4.90 Å². The molecule has 1 atom stereocenters. The van der Waals surface area contributed by atoms with E-state index in [1.54, 1.807) is 0 Å². The average Bonchev–Trinajstić information content (AvgIpc) is 3.45. The number of hydrogen-bond acceptors (Lipinski definition) is 3. The van der Waals surface area contributed by atoms with Crippen LogP contribution in [-0.4, -0.2) is 47.9 Å². The van der Waals surface area contributed by atoms with E-state index in [0.717, 1.165) is 19.3 Å². The number of rotatable bonds is 5. The highest BCUT2D eigenvalue weighted by molar-refractivity contribution is 5.88. The number of ether oxygens (including phenoxy) is 2. The number of H-pyrrole nitrogens is 1. The van der Waals surface area contributed by atoms with Crippen molar-refractivity contribution in [1.29, 1.82) is 0 Å². The quantitative estimate of drug-likeness (QED) is 0.584. The molecule has 1 unspecified atom stereocenters. The van der Waals surface area contributed by atoms with Gasteiger partial charge in [-0.3, -0.25) is 4.79 Å². The van der Waals surface area contributed by atoms with Gasteiger partial charge in [0.25, 0.3) is 0 Å². The maximum atomic E-state index is 13.6. The number of nitrogens with one attached hydrogen (secondary N) is 1. The van der Waals surface area contributed by atoms with Crippen molar-refractivity contribution < 1.29 is 14.3 Å². The van der Waals surface area contributed by atoms with E-state index in [0.29, 0.717) is 32.7 Å². The number of fused-ring (bicyclic) bond motifs is 1. The summed E-state index contributed by atoms with van der Waals surface area (Å²) in [5.41, 5.74) is 7.41. The van der Waals surface area contributed by atoms with Gasteiger partial charge in [0.2, 0.25) is 5.91 Å². The number of hydrogen-bond donors (Lipinski definition) is 1. The highest BCUT2D eigenvalue weighted by Crippen LogP contribution is 2.38. The van der Waals surface area contributed by atoms with Crippen LogP contribution in [0.25, 0.3) is 10.9 Å². The molecule has 2 aliphatic rings. The van der Waals surface area contributed by atoms with Gasteiger partial charge in [0, 0.05) is 55.4 Å². The Morgan fingerprint density at radius 3 is 2.55 bits per heavy atom. The van der Waals surface area contributed by atoms with E-state index in [9.17, 15) is 4.79 Å². The third-order valence-corrected chi connectivity index (χ3v) is 7.46. The molecule has 0 aliphatic carbocycles. The molecule has 33 heavy (non-hydrogen) atoms. The van der Waals surface area contributed by atoms with Crippen LogP contribution in [0.3, 0.4) is 0 Å². The second kappa shape index (κ2) is 8.96. The van der Waals surface area contributed by atoms with Gasteiger partial charge >= 0.3 is 0 Å². The first-order chi connectivity index (χ1) is 16.0. The average molecular weight is 447 g/mol. The summed E-state index contributed by atoms with van der Waals surface area (Å²) in [6, 6.07) is 13.1. The topological polar surface area (TPSA) is 54.6 Å². The Hall–Kier alpha value is -2.63. The third-order valence-electron chi connectivity index (χ3n) is 7.46. The molecule has 5 nitrogen and oxygen atoms in total. The lowest BCUT2D eigenvalue weighted by Crippen LogP contribution is -2.47. The van der Waals surface area contributed by atoms with Crippen molar-refractivity contribution in [1.82, 2.24) is 9.88 Å². The first kappa shape index (κ1) is 22.2. The molecule has 3 aromatic rings. The van der Waals surface area contributed by atoms with Crippen LogP contribution in [0.5, 0.6) is 0 Å². The zero-order chi connectivity index (χ0) is 23.0. The van der Waals surface area contributed by atoms with E-state index >= 15 is 0 Å². The molecular formula is C28H34N2O3. The van der Waals surface area contributed by atoms with Gasteiger partial charge in [-0.15, -0.1) is 0 Å². The summed E-state index contributed by atoms with van der Waals surface area (Å²) in [6.45, 7) is 9.14. The predicted octanol–water partition coefficient (Wildman–Crippen LogP) is 5.23. The normalized spacial score (nSPS) is 18.8. The number of para-hydroxylation sites is 1. The Balaban J connectivity index is 1.46. The first-order valence-electron chi connectivity index (χ1n) is 12.2. The summed E-state index contributed by atoms with van der Waals surface area (Å²) in [6.07, 6.45) is 5.05. The third kappa shape index (κ3) is 4.20. The van der Waals surface area contributed by atoms with Gasteiger partial charge in [-0.1, -0.05) is 48.9 Å². The number of carbonyl (C=O) groups excluding carboxylic acids is 1. The fourth-order valence-corrected chi connectivity index (χ4v) is 5.61. The Morgan fingerprint density at radius 2 is 1.85 bits per heavy atom. The maximum absolute atomic E-state index is 13.6. The fourth-order valence-electron chi connectivity index (χ4n) is 5.61. The SMILES string of the molecule is CCc1cccc2c(C(CC(=O)N3CCC4(CC3)OCCO4)c3ccc(C)cc3C)c[nH]c12. The van der Waals surface area contributed by atoms with Crippen LogP contribution < -0.4 is 0 Å². The van der Waals surface area contributed by atoms with Gasteiger partial charge < -0.3 is 19.4 Å². The molecule has 2 aromatic carbocycles. The Morgan fingerprint density at radius 1 is 1.09 bits per heavy atom. The van der Waals surface area contributed by atoms with Gasteiger partial charge in [-0.25, -0.2) is 0 Å². The molecule has 1 N–H and O–H groups in total. The van der Waals surface area contributed by atoms with Crippen LogP contribution in [-0.2, 0) is 20.7 Å². The van der Waals surface area contributed by atoms with Crippen molar-refractivity contribution in [2.24, 2.45) is 0 Å². The molecule has 2 fully saturated rings. The van der Waals surface area contributed by atoms with E-state index in [-0.39, 0.29) is 11.8 Å². The lowest BCUT2D eigenvalue weighted by molar-refractivity contribution is -0.187. The van der Waals surface area contributed by atoms with Gasteiger partial charge in [0.05, 0.1) is 13.2 Å². The van der Waals surface area contributed by atoms with Crippen LogP contribution in [0.2, 0.25) is 0 Å². The van der Waals surface area contributed by atoms with Crippen LogP contribution in [0, 0.1) is 13.8 Å². The zero-order valence-corrected chi connectivity index (χ0v) is 19.9. The molecule has 1 spiro atoms. The van der Waals surface area contributed by atoms with E-state index < -0.39 is 5.79 Å². The number of aryl methyl sites for hydroxylation is 3. The maximum Gasteiger partial charge on any atom is 0.223 e. The first-order valence-corrected chi connectivity index (χ1v) is 12.2. The molecule has 0 saturated carbocycles. The summed E-state index contributed by atoms with van der Waals surface area (Å²) in [5, 5.41) is 1.22. The summed E-state index contributed by atoms with van der Waals surface area (Å²) in [5.74, 6) is -0.250. The molecule has 174 valence electrons. The van der Waals surface area contributed by atoms with Gasteiger partial charge in [-0.2, -0.15) is 0 Å². The summed E-state index contributed by atoms with van der Waals surface area (Å²) in [7, 11) is 0. The molecule has 0 radical (unpaired) electrons. The molecule has 1 aromatic heterocycles. The summed E-state index contributed by atoms with van der Waals surface area (Å²) < 4.78 is 11.7. The van der Waals surface area contributed by atoms with Crippen molar-refractivity contribution in [3.05, 3.63) is 70.4 Å². The second-order valence-electron chi connectivity index (χ2n) is 9.54. The lowest BCUT2D eigenvalue weighted by atomic mass is 9.84. The predicted molar refractivity (Wildman–Crippen MR) is 131 cm³/mol. The van der Waals surface area contributed by atoms with Crippen molar-refractivity contribution in [3.63, 3.8) is 0 Å². The number of piperidine rings is 1. The van der Waals surface area contributed by atoms with E-state index in [4.69, 9.17) is 9.47 Å². The van der Waals surface area contributed by atoms with E-state index in [1.165, 1.54) is 38.7 Å². The molecular weight excluding hydrogens is 412 g/mol. The van der Waals surface area contributed by atoms with Crippen molar-refractivity contribution >= 4 is 16.8 Å². The Bertz CT molecular complexity index is 1150.